The van der Waals surface area contributed by atoms with E-state index in [0.29, 0.717) is 6.42 Å². The molecule has 0 aliphatic rings. The molecule has 0 fully saturated rings. The second kappa shape index (κ2) is 25.1. The molecule has 0 amide bonds. The van der Waals surface area contributed by atoms with Crippen LogP contribution in [0.25, 0.3) is 0 Å². The normalized spacial score (nSPS) is 10.7. The molecule has 0 unspecified atom stereocenters. The summed E-state index contributed by atoms with van der Waals surface area (Å²) in [6, 6.07) is 0. The van der Waals surface area contributed by atoms with Crippen LogP contribution in [0.4, 0.5) is 0 Å². The van der Waals surface area contributed by atoms with E-state index in [1.165, 1.54) is 116 Å². The van der Waals surface area contributed by atoms with Gasteiger partial charge in [-0.2, -0.15) is 0 Å². The van der Waals surface area contributed by atoms with Crippen molar-refractivity contribution in [1.29, 1.82) is 0 Å². The highest BCUT2D eigenvalue weighted by molar-refractivity contribution is 5.66. The molecule has 0 radical (unpaired) electrons. The number of hydrogen-bond donors (Lipinski definition) is 1. The first kappa shape index (κ1) is 28.0. The molecule has 1 N–H and O–H groups in total. The van der Waals surface area contributed by atoms with Gasteiger partial charge in [0.1, 0.15) is 0 Å². The Morgan fingerprint density at radius 3 is 1.17 bits per heavy atom. The molecule has 0 bridgehead atoms. The fraction of sp³-hybridized carbons (Fsp3) is 0.889. The summed E-state index contributed by atoms with van der Waals surface area (Å²) in [5.74, 6) is 6.04. The number of carboxylic acid groups (broad SMARTS) is 1. The molecule has 29 heavy (non-hydrogen) atoms. The van der Waals surface area contributed by atoms with Gasteiger partial charge >= 0.3 is 5.97 Å². The van der Waals surface area contributed by atoms with Gasteiger partial charge in [0.05, 0.1) is 0 Å². The van der Waals surface area contributed by atoms with E-state index in [2.05, 4.69) is 18.8 Å². The van der Waals surface area contributed by atoms with Crippen LogP contribution in [-0.4, -0.2) is 11.1 Å². The fourth-order valence-corrected chi connectivity index (χ4v) is 3.78. The molecule has 0 aromatic carbocycles. The maximum Gasteiger partial charge on any atom is 0.303 e. The van der Waals surface area contributed by atoms with Crippen molar-refractivity contribution in [3.8, 4) is 11.8 Å². The first-order valence-electron chi connectivity index (χ1n) is 12.9. The minimum atomic E-state index is -0.662. The topological polar surface area (TPSA) is 37.3 Å². The molecule has 0 saturated heterocycles. The summed E-state index contributed by atoms with van der Waals surface area (Å²) in [5, 5.41) is 8.58. The summed E-state index contributed by atoms with van der Waals surface area (Å²) in [6.07, 6.45) is 28.8. The molecule has 0 spiro atoms. The standard InChI is InChI=1S/C27H50O2/c1-2-3-4-5-6-7-8-9-10-11-12-13-14-15-16-17-18-19-20-21-22-23-24-25-26-27(28)29/h2-14,17-26H2,1H3,(H,28,29). The Kier molecular flexibility index (Phi) is 24.2. The lowest BCUT2D eigenvalue weighted by Crippen LogP contribution is -1.93. The van der Waals surface area contributed by atoms with Gasteiger partial charge < -0.3 is 5.11 Å². The quantitative estimate of drug-likeness (QED) is 0.144. The van der Waals surface area contributed by atoms with E-state index in [1.807, 2.05) is 0 Å². The van der Waals surface area contributed by atoms with Crippen molar-refractivity contribution in [1.82, 2.24) is 0 Å². The van der Waals surface area contributed by atoms with Gasteiger partial charge in [-0.15, -0.1) is 11.8 Å². The van der Waals surface area contributed by atoms with Crippen LogP contribution in [0.1, 0.15) is 155 Å². The van der Waals surface area contributed by atoms with E-state index in [-0.39, 0.29) is 0 Å². The van der Waals surface area contributed by atoms with Gasteiger partial charge in [-0.3, -0.25) is 4.79 Å². The van der Waals surface area contributed by atoms with E-state index >= 15 is 0 Å². The molecule has 0 rings (SSSR count). The average Bonchev–Trinajstić information content (AvgIpc) is 2.71. The maximum absolute atomic E-state index is 10.4. The number of hydrogen-bond acceptors (Lipinski definition) is 1. The highest BCUT2D eigenvalue weighted by atomic mass is 16.4. The monoisotopic (exact) mass is 406 g/mol. The van der Waals surface area contributed by atoms with Crippen molar-refractivity contribution in [2.75, 3.05) is 0 Å². The molecular weight excluding hydrogens is 356 g/mol. The first-order chi connectivity index (χ1) is 14.3. The maximum atomic E-state index is 10.4. The summed E-state index contributed by atoms with van der Waals surface area (Å²) >= 11 is 0. The Bertz CT molecular complexity index is 391. The molecular formula is C27H50O2. The van der Waals surface area contributed by atoms with Gasteiger partial charge in [0, 0.05) is 19.3 Å². The Labute approximate surface area is 182 Å². The highest BCUT2D eigenvalue weighted by Gasteiger charge is 1.96. The largest absolute Gasteiger partial charge is 0.481 e. The van der Waals surface area contributed by atoms with Crippen molar-refractivity contribution in [3.63, 3.8) is 0 Å². The summed E-state index contributed by atoms with van der Waals surface area (Å²) in [5.41, 5.74) is 0. The van der Waals surface area contributed by atoms with Crippen LogP contribution in [0, 0.1) is 11.8 Å². The van der Waals surface area contributed by atoms with E-state index in [4.69, 9.17) is 5.11 Å². The number of aliphatic carboxylic acids is 1. The summed E-state index contributed by atoms with van der Waals surface area (Å²) in [4.78, 5) is 10.4. The van der Waals surface area contributed by atoms with Crippen molar-refractivity contribution in [2.24, 2.45) is 0 Å². The zero-order chi connectivity index (χ0) is 21.3. The van der Waals surface area contributed by atoms with Gasteiger partial charge in [0.25, 0.3) is 0 Å². The van der Waals surface area contributed by atoms with Crippen molar-refractivity contribution >= 4 is 5.97 Å². The minimum absolute atomic E-state index is 0.331. The third-order valence-corrected chi connectivity index (χ3v) is 5.72. The van der Waals surface area contributed by atoms with Gasteiger partial charge in [-0.25, -0.2) is 0 Å². The Hall–Kier alpha value is -0.970. The zero-order valence-corrected chi connectivity index (χ0v) is 19.6. The number of rotatable bonds is 22. The SMILES string of the molecule is CCCCCCCCCCCCCCC#CCCCCCCCCCCC(=O)O. The average molecular weight is 407 g/mol. The molecule has 0 aromatic heterocycles. The van der Waals surface area contributed by atoms with Crippen LogP contribution in [0.3, 0.4) is 0 Å². The zero-order valence-electron chi connectivity index (χ0n) is 19.6. The fourth-order valence-electron chi connectivity index (χ4n) is 3.78. The van der Waals surface area contributed by atoms with E-state index < -0.39 is 5.97 Å². The van der Waals surface area contributed by atoms with Crippen LogP contribution in [0.5, 0.6) is 0 Å². The van der Waals surface area contributed by atoms with Crippen LogP contribution in [-0.2, 0) is 4.79 Å². The van der Waals surface area contributed by atoms with E-state index in [0.717, 1.165) is 25.7 Å². The molecule has 2 nitrogen and oxygen atoms in total. The third kappa shape index (κ3) is 27.0. The van der Waals surface area contributed by atoms with Gasteiger partial charge in [0.15, 0.2) is 0 Å². The summed E-state index contributed by atoms with van der Waals surface area (Å²) < 4.78 is 0. The smallest absolute Gasteiger partial charge is 0.303 e. The minimum Gasteiger partial charge on any atom is -0.481 e. The van der Waals surface area contributed by atoms with Crippen molar-refractivity contribution in [2.45, 2.75) is 155 Å². The van der Waals surface area contributed by atoms with Gasteiger partial charge in [-0.05, 0) is 19.3 Å². The van der Waals surface area contributed by atoms with Crippen LogP contribution < -0.4 is 0 Å². The van der Waals surface area contributed by atoms with Crippen molar-refractivity contribution in [3.05, 3.63) is 0 Å². The number of carbonyl (C=O) groups is 1. The summed E-state index contributed by atoms with van der Waals surface area (Å²) in [6.45, 7) is 2.28. The number of unbranched alkanes of at least 4 members (excludes halogenated alkanes) is 20. The Morgan fingerprint density at radius 2 is 0.828 bits per heavy atom. The molecule has 0 aromatic rings. The molecule has 170 valence electrons. The molecule has 0 aliphatic carbocycles. The third-order valence-electron chi connectivity index (χ3n) is 5.72. The second-order valence-corrected chi connectivity index (χ2v) is 8.71. The van der Waals surface area contributed by atoms with Crippen LogP contribution in [0.2, 0.25) is 0 Å². The first-order valence-corrected chi connectivity index (χ1v) is 12.9. The molecule has 0 atom stereocenters. The molecule has 2 heteroatoms. The van der Waals surface area contributed by atoms with Crippen LogP contribution in [0.15, 0.2) is 0 Å². The number of carboxylic acids is 1. The Balaban J connectivity index is 3.11. The van der Waals surface area contributed by atoms with Gasteiger partial charge in [-0.1, -0.05) is 116 Å². The lowest BCUT2D eigenvalue weighted by molar-refractivity contribution is -0.137. The van der Waals surface area contributed by atoms with Crippen molar-refractivity contribution < 1.29 is 9.90 Å². The summed E-state index contributed by atoms with van der Waals surface area (Å²) in [7, 11) is 0. The van der Waals surface area contributed by atoms with Gasteiger partial charge in [0.2, 0.25) is 0 Å². The molecule has 0 aliphatic heterocycles. The Morgan fingerprint density at radius 1 is 0.517 bits per heavy atom. The second-order valence-electron chi connectivity index (χ2n) is 8.71. The lowest BCUT2D eigenvalue weighted by atomic mass is 10.0. The van der Waals surface area contributed by atoms with Crippen LogP contribution >= 0.6 is 0 Å². The lowest BCUT2D eigenvalue weighted by Gasteiger charge is -2.02. The highest BCUT2D eigenvalue weighted by Crippen LogP contribution is 2.13. The molecule has 0 saturated carbocycles. The predicted molar refractivity (Wildman–Crippen MR) is 127 cm³/mol. The predicted octanol–water partition coefficient (Wildman–Crippen LogP) is 9.07. The van der Waals surface area contributed by atoms with E-state index in [9.17, 15) is 4.79 Å². The molecule has 0 heterocycles. The van der Waals surface area contributed by atoms with E-state index in [1.54, 1.807) is 0 Å².